The fourth-order valence-electron chi connectivity index (χ4n) is 1.49. The van der Waals surface area contributed by atoms with Crippen LogP contribution in [-0.4, -0.2) is 28.2 Å². The monoisotopic (exact) mass is 232 g/mol. The highest BCUT2D eigenvalue weighted by molar-refractivity contribution is 5.97. The standard InChI is InChI=1S/C12H16N4O/c1-12(2,13)7-14-11(17)8-3-4-9-6-15-16-10(9)5-8/h3-6H,7,13H2,1-2H3,(H,14,17)(H,15,16). The number of rotatable bonds is 3. The summed E-state index contributed by atoms with van der Waals surface area (Å²) in [4.78, 5) is 11.9. The van der Waals surface area contributed by atoms with Crippen molar-refractivity contribution < 1.29 is 4.79 Å². The highest BCUT2D eigenvalue weighted by Gasteiger charge is 2.13. The van der Waals surface area contributed by atoms with Crippen LogP contribution >= 0.6 is 0 Å². The number of benzene rings is 1. The first-order valence-electron chi connectivity index (χ1n) is 5.46. The first kappa shape index (κ1) is 11.6. The Labute approximate surface area is 99.4 Å². The first-order chi connectivity index (χ1) is 7.96. The van der Waals surface area contributed by atoms with Gasteiger partial charge in [0, 0.05) is 23.0 Å². The van der Waals surface area contributed by atoms with Gasteiger partial charge in [0.1, 0.15) is 0 Å². The molecular weight excluding hydrogens is 216 g/mol. The topological polar surface area (TPSA) is 83.8 Å². The highest BCUT2D eigenvalue weighted by Crippen LogP contribution is 2.12. The van der Waals surface area contributed by atoms with E-state index in [1.165, 1.54) is 0 Å². The molecule has 2 aromatic rings. The molecule has 0 saturated heterocycles. The van der Waals surface area contributed by atoms with Crippen molar-refractivity contribution >= 4 is 16.8 Å². The van der Waals surface area contributed by atoms with Crippen molar-refractivity contribution in [3.63, 3.8) is 0 Å². The fraction of sp³-hybridized carbons (Fsp3) is 0.333. The number of carbonyl (C=O) groups excluding carboxylic acids is 1. The summed E-state index contributed by atoms with van der Waals surface area (Å²) in [5, 5.41) is 10.5. The summed E-state index contributed by atoms with van der Waals surface area (Å²) in [6.07, 6.45) is 1.72. The molecule has 0 atom stereocenters. The van der Waals surface area contributed by atoms with E-state index in [4.69, 9.17) is 5.73 Å². The maximum atomic E-state index is 11.9. The molecule has 0 spiro atoms. The second-order valence-electron chi connectivity index (χ2n) is 4.84. The number of amides is 1. The largest absolute Gasteiger partial charge is 0.350 e. The molecule has 1 amide bonds. The number of nitrogens with one attached hydrogen (secondary N) is 2. The van der Waals surface area contributed by atoms with Crippen LogP contribution in [0.3, 0.4) is 0 Å². The van der Waals surface area contributed by atoms with Crippen molar-refractivity contribution in [2.45, 2.75) is 19.4 Å². The molecule has 1 heterocycles. The van der Waals surface area contributed by atoms with E-state index < -0.39 is 5.54 Å². The molecule has 1 aromatic heterocycles. The number of hydrogen-bond donors (Lipinski definition) is 3. The molecule has 4 N–H and O–H groups in total. The average molecular weight is 232 g/mol. The molecule has 2 rings (SSSR count). The average Bonchev–Trinajstić information content (AvgIpc) is 2.71. The van der Waals surface area contributed by atoms with E-state index in [0.717, 1.165) is 10.9 Å². The number of aromatic amines is 1. The molecule has 5 nitrogen and oxygen atoms in total. The molecule has 0 unspecified atom stereocenters. The summed E-state index contributed by atoms with van der Waals surface area (Å²) >= 11 is 0. The zero-order valence-electron chi connectivity index (χ0n) is 9.95. The highest BCUT2D eigenvalue weighted by atomic mass is 16.1. The van der Waals surface area contributed by atoms with Crippen molar-refractivity contribution in [2.75, 3.05) is 6.54 Å². The molecule has 0 aliphatic heterocycles. The Balaban J connectivity index is 2.13. The Morgan fingerprint density at radius 1 is 1.53 bits per heavy atom. The predicted octanol–water partition coefficient (Wildman–Crippen LogP) is 1.03. The summed E-state index contributed by atoms with van der Waals surface area (Å²) in [5.74, 6) is -0.125. The van der Waals surface area contributed by atoms with E-state index in [-0.39, 0.29) is 5.91 Å². The third-order valence-corrected chi connectivity index (χ3v) is 2.41. The Hall–Kier alpha value is -1.88. The van der Waals surface area contributed by atoms with Crippen molar-refractivity contribution in [3.05, 3.63) is 30.0 Å². The number of aromatic nitrogens is 2. The second kappa shape index (κ2) is 4.18. The van der Waals surface area contributed by atoms with Crippen molar-refractivity contribution in [2.24, 2.45) is 5.73 Å². The van der Waals surface area contributed by atoms with Gasteiger partial charge in [0.05, 0.1) is 11.7 Å². The minimum atomic E-state index is -0.409. The smallest absolute Gasteiger partial charge is 0.251 e. The molecule has 17 heavy (non-hydrogen) atoms. The lowest BCUT2D eigenvalue weighted by Gasteiger charge is -2.18. The van der Waals surface area contributed by atoms with Gasteiger partial charge in [0.2, 0.25) is 0 Å². The van der Waals surface area contributed by atoms with Gasteiger partial charge < -0.3 is 11.1 Å². The van der Waals surface area contributed by atoms with Gasteiger partial charge in [-0.25, -0.2) is 0 Å². The maximum Gasteiger partial charge on any atom is 0.251 e. The van der Waals surface area contributed by atoms with Crippen LogP contribution < -0.4 is 11.1 Å². The zero-order valence-corrected chi connectivity index (χ0v) is 9.95. The van der Waals surface area contributed by atoms with Gasteiger partial charge in [-0.15, -0.1) is 0 Å². The van der Waals surface area contributed by atoms with Crippen LogP contribution in [0.25, 0.3) is 10.9 Å². The van der Waals surface area contributed by atoms with Gasteiger partial charge in [-0.2, -0.15) is 5.10 Å². The van der Waals surface area contributed by atoms with E-state index in [9.17, 15) is 4.79 Å². The lowest BCUT2D eigenvalue weighted by atomic mass is 10.1. The summed E-state index contributed by atoms with van der Waals surface area (Å²) in [6.45, 7) is 4.17. The molecule has 0 fully saturated rings. The Morgan fingerprint density at radius 2 is 2.29 bits per heavy atom. The number of hydrogen-bond acceptors (Lipinski definition) is 3. The second-order valence-corrected chi connectivity index (χ2v) is 4.84. The summed E-state index contributed by atoms with van der Waals surface area (Å²) in [7, 11) is 0. The maximum absolute atomic E-state index is 11.9. The number of nitrogens with zero attached hydrogens (tertiary/aromatic N) is 1. The molecule has 1 aromatic carbocycles. The van der Waals surface area contributed by atoms with Gasteiger partial charge in [-0.3, -0.25) is 9.89 Å². The number of fused-ring (bicyclic) bond motifs is 1. The van der Waals surface area contributed by atoms with Crippen molar-refractivity contribution in [3.8, 4) is 0 Å². The van der Waals surface area contributed by atoms with Crippen LogP contribution in [0.2, 0.25) is 0 Å². The van der Waals surface area contributed by atoms with Gasteiger partial charge in [0.15, 0.2) is 0 Å². The molecule has 0 aliphatic rings. The summed E-state index contributed by atoms with van der Waals surface area (Å²) in [5.41, 5.74) is 6.85. The lowest BCUT2D eigenvalue weighted by Crippen LogP contribution is -2.45. The van der Waals surface area contributed by atoms with E-state index in [2.05, 4.69) is 15.5 Å². The van der Waals surface area contributed by atoms with E-state index in [1.54, 1.807) is 18.3 Å². The van der Waals surface area contributed by atoms with E-state index in [1.807, 2.05) is 19.9 Å². The van der Waals surface area contributed by atoms with Crippen molar-refractivity contribution in [1.29, 1.82) is 0 Å². The van der Waals surface area contributed by atoms with Gasteiger partial charge in [0.25, 0.3) is 5.91 Å². The minimum absolute atomic E-state index is 0.125. The normalized spacial score (nSPS) is 11.7. The van der Waals surface area contributed by atoms with Crippen molar-refractivity contribution in [1.82, 2.24) is 15.5 Å². The van der Waals surface area contributed by atoms with Gasteiger partial charge in [-0.1, -0.05) is 6.07 Å². The third kappa shape index (κ3) is 2.82. The predicted molar refractivity (Wildman–Crippen MR) is 66.7 cm³/mol. The molecule has 0 saturated carbocycles. The van der Waals surface area contributed by atoms with Gasteiger partial charge >= 0.3 is 0 Å². The van der Waals surface area contributed by atoms with Crippen LogP contribution in [0.15, 0.2) is 24.4 Å². The van der Waals surface area contributed by atoms with E-state index >= 15 is 0 Å². The zero-order chi connectivity index (χ0) is 12.5. The van der Waals surface area contributed by atoms with Crippen LogP contribution in [0.5, 0.6) is 0 Å². The van der Waals surface area contributed by atoms with Crippen LogP contribution in [0.1, 0.15) is 24.2 Å². The molecule has 5 heteroatoms. The van der Waals surface area contributed by atoms with E-state index in [0.29, 0.717) is 12.1 Å². The number of carbonyl (C=O) groups is 1. The Morgan fingerprint density at radius 3 is 3.00 bits per heavy atom. The summed E-state index contributed by atoms with van der Waals surface area (Å²) < 4.78 is 0. The van der Waals surface area contributed by atoms with Crippen LogP contribution in [0.4, 0.5) is 0 Å². The molecule has 0 bridgehead atoms. The number of H-pyrrole nitrogens is 1. The molecule has 0 radical (unpaired) electrons. The number of nitrogens with two attached hydrogens (primary N) is 1. The Bertz CT molecular complexity index is 539. The lowest BCUT2D eigenvalue weighted by molar-refractivity contribution is 0.0946. The molecular formula is C12H16N4O. The SMILES string of the molecule is CC(C)(N)CNC(=O)c1ccc2cn[nH]c2c1. The Kier molecular flexibility index (Phi) is 2.85. The first-order valence-corrected chi connectivity index (χ1v) is 5.46. The third-order valence-electron chi connectivity index (χ3n) is 2.41. The molecule has 0 aliphatic carbocycles. The fourth-order valence-corrected chi connectivity index (χ4v) is 1.49. The minimum Gasteiger partial charge on any atom is -0.350 e. The summed E-state index contributed by atoms with van der Waals surface area (Å²) in [6, 6.07) is 5.42. The quantitative estimate of drug-likeness (QED) is 0.739. The van der Waals surface area contributed by atoms with Gasteiger partial charge in [-0.05, 0) is 26.0 Å². The van der Waals surface area contributed by atoms with Crippen LogP contribution in [-0.2, 0) is 0 Å². The molecule has 90 valence electrons. The van der Waals surface area contributed by atoms with Crippen LogP contribution in [0, 0.1) is 0 Å².